The summed E-state index contributed by atoms with van der Waals surface area (Å²) >= 11 is 0. The monoisotopic (exact) mass is 212 g/mol. The number of allylic oxidation sites excluding steroid dienone is 1. The molecule has 1 unspecified atom stereocenters. The molecule has 0 bridgehead atoms. The van der Waals surface area contributed by atoms with Crippen LogP contribution in [0.5, 0.6) is 0 Å². The van der Waals surface area contributed by atoms with Crippen LogP contribution in [0.3, 0.4) is 0 Å². The lowest BCUT2D eigenvalue weighted by atomic mass is 9.80. The molecule has 2 N–H and O–H groups in total. The number of hydrogen-bond acceptors (Lipinski definition) is 3. The van der Waals surface area contributed by atoms with E-state index in [4.69, 9.17) is 4.74 Å². The second kappa shape index (κ2) is 4.54. The van der Waals surface area contributed by atoms with Crippen molar-refractivity contribution in [1.82, 2.24) is 0 Å². The second-order valence-corrected chi connectivity index (χ2v) is 4.66. The van der Waals surface area contributed by atoms with E-state index in [2.05, 4.69) is 0 Å². The summed E-state index contributed by atoms with van der Waals surface area (Å²) in [6.45, 7) is 0.666. The van der Waals surface area contributed by atoms with E-state index < -0.39 is 11.7 Å². The van der Waals surface area contributed by atoms with E-state index in [0.29, 0.717) is 25.2 Å². The van der Waals surface area contributed by atoms with Crippen LogP contribution < -0.4 is 0 Å². The van der Waals surface area contributed by atoms with Crippen LogP contribution in [0.2, 0.25) is 0 Å². The molecule has 1 atom stereocenters. The molecular formula is C12H20O3. The van der Waals surface area contributed by atoms with Gasteiger partial charge in [0.25, 0.3) is 0 Å². The van der Waals surface area contributed by atoms with Gasteiger partial charge in [0.2, 0.25) is 0 Å². The summed E-state index contributed by atoms with van der Waals surface area (Å²) in [5, 5.41) is 20.4. The van der Waals surface area contributed by atoms with Crippen molar-refractivity contribution >= 4 is 0 Å². The van der Waals surface area contributed by atoms with E-state index >= 15 is 0 Å². The van der Waals surface area contributed by atoms with E-state index in [1.54, 1.807) is 0 Å². The van der Waals surface area contributed by atoms with Crippen molar-refractivity contribution in [2.45, 2.75) is 56.7 Å². The molecular weight excluding hydrogens is 192 g/mol. The van der Waals surface area contributed by atoms with Gasteiger partial charge >= 0.3 is 0 Å². The minimum atomic E-state index is -0.943. The molecule has 0 spiro atoms. The summed E-state index contributed by atoms with van der Waals surface area (Å²) in [6.07, 6.45) is 7.59. The van der Waals surface area contributed by atoms with Crippen LogP contribution >= 0.6 is 0 Å². The SMILES string of the molecule is OC(C1=CCCCO1)C1(O)CCCCC1. The molecule has 1 aliphatic heterocycles. The number of ether oxygens (including phenoxy) is 1. The molecule has 1 fully saturated rings. The Morgan fingerprint density at radius 1 is 1.20 bits per heavy atom. The third-order valence-corrected chi connectivity index (χ3v) is 3.46. The van der Waals surface area contributed by atoms with Gasteiger partial charge in [0.15, 0.2) is 0 Å². The first-order valence-corrected chi connectivity index (χ1v) is 5.96. The summed E-state index contributed by atoms with van der Waals surface area (Å²) in [4.78, 5) is 0. The maximum absolute atomic E-state index is 10.3. The van der Waals surface area contributed by atoms with Gasteiger partial charge in [-0.2, -0.15) is 0 Å². The highest BCUT2D eigenvalue weighted by Gasteiger charge is 2.39. The van der Waals surface area contributed by atoms with Crippen molar-refractivity contribution in [3.63, 3.8) is 0 Å². The Morgan fingerprint density at radius 2 is 1.93 bits per heavy atom. The Labute approximate surface area is 90.8 Å². The quantitative estimate of drug-likeness (QED) is 0.733. The van der Waals surface area contributed by atoms with Crippen molar-refractivity contribution in [3.05, 3.63) is 11.8 Å². The number of hydrogen-bond donors (Lipinski definition) is 2. The van der Waals surface area contributed by atoms with Crippen LogP contribution in [0.1, 0.15) is 44.9 Å². The Balaban J connectivity index is 2.04. The molecule has 1 heterocycles. The van der Waals surface area contributed by atoms with Crippen LogP contribution in [0.4, 0.5) is 0 Å². The lowest BCUT2D eigenvalue weighted by Crippen LogP contribution is -2.45. The molecule has 2 rings (SSSR count). The number of aliphatic hydroxyl groups excluding tert-OH is 1. The van der Waals surface area contributed by atoms with Crippen LogP contribution in [-0.4, -0.2) is 28.5 Å². The van der Waals surface area contributed by atoms with Crippen LogP contribution in [-0.2, 0) is 4.74 Å². The molecule has 0 radical (unpaired) electrons. The molecule has 1 saturated carbocycles. The molecule has 15 heavy (non-hydrogen) atoms. The van der Waals surface area contributed by atoms with Crippen LogP contribution in [0.25, 0.3) is 0 Å². The van der Waals surface area contributed by atoms with Gasteiger partial charge in [-0.1, -0.05) is 19.3 Å². The summed E-state index contributed by atoms with van der Waals surface area (Å²) in [5.74, 6) is 0.589. The van der Waals surface area contributed by atoms with Gasteiger partial charge in [0.1, 0.15) is 11.9 Å². The maximum Gasteiger partial charge on any atom is 0.139 e. The molecule has 0 aromatic rings. The lowest BCUT2D eigenvalue weighted by Gasteiger charge is -2.37. The average molecular weight is 212 g/mol. The van der Waals surface area contributed by atoms with E-state index in [0.717, 1.165) is 32.1 Å². The fourth-order valence-electron chi connectivity index (χ4n) is 2.47. The topological polar surface area (TPSA) is 49.7 Å². The van der Waals surface area contributed by atoms with Crippen LogP contribution in [0.15, 0.2) is 11.8 Å². The fourth-order valence-corrected chi connectivity index (χ4v) is 2.47. The summed E-state index contributed by atoms with van der Waals surface area (Å²) in [7, 11) is 0. The van der Waals surface area contributed by atoms with Gasteiger partial charge < -0.3 is 14.9 Å². The maximum atomic E-state index is 10.3. The zero-order valence-corrected chi connectivity index (χ0v) is 9.11. The van der Waals surface area contributed by atoms with Gasteiger partial charge in [-0.25, -0.2) is 0 Å². The number of rotatable bonds is 2. The first-order valence-electron chi connectivity index (χ1n) is 5.96. The Morgan fingerprint density at radius 3 is 2.53 bits per heavy atom. The highest BCUT2D eigenvalue weighted by Crippen LogP contribution is 2.34. The molecule has 0 aromatic carbocycles. The van der Waals surface area contributed by atoms with Crippen molar-refractivity contribution in [1.29, 1.82) is 0 Å². The Kier molecular flexibility index (Phi) is 3.32. The van der Waals surface area contributed by atoms with Crippen LogP contribution in [0, 0.1) is 0 Å². The van der Waals surface area contributed by atoms with Crippen molar-refractivity contribution in [2.24, 2.45) is 0 Å². The van der Waals surface area contributed by atoms with Crippen molar-refractivity contribution < 1.29 is 14.9 Å². The first-order chi connectivity index (χ1) is 7.22. The molecule has 86 valence electrons. The van der Waals surface area contributed by atoms with Crippen molar-refractivity contribution in [2.75, 3.05) is 6.61 Å². The summed E-state index contributed by atoms with van der Waals surface area (Å²) in [5.41, 5.74) is -0.943. The van der Waals surface area contributed by atoms with Gasteiger partial charge in [-0.3, -0.25) is 0 Å². The third-order valence-electron chi connectivity index (χ3n) is 3.46. The van der Waals surface area contributed by atoms with Gasteiger partial charge in [0, 0.05) is 0 Å². The van der Waals surface area contributed by atoms with Gasteiger partial charge in [-0.15, -0.1) is 0 Å². The Hall–Kier alpha value is -0.540. The molecule has 0 saturated heterocycles. The highest BCUT2D eigenvalue weighted by atomic mass is 16.5. The summed E-state index contributed by atoms with van der Waals surface area (Å²) in [6, 6.07) is 0. The molecule has 2 aliphatic rings. The number of aliphatic hydroxyl groups is 2. The molecule has 3 heteroatoms. The van der Waals surface area contributed by atoms with E-state index in [-0.39, 0.29) is 0 Å². The minimum absolute atomic E-state index is 0.589. The average Bonchev–Trinajstić information content (AvgIpc) is 2.30. The van der Waals surface area contributed by atoms with Gasteiger partial charge in [0.05, 0.1) is 12.2 Å². The Bertz CT molecular complexity index is 241. The van der Waals surface area contributed by atoms with Gasteiger partial charge in [-0.05, 0) is 31.8 Å². The smallest absolute Gasteiger partial charge is 0.139 e. The normalized spacial score (nSPS) is 27.7. The lowest BCUT2D eigenvalue weighted by molar-refractivity contribution is -0.101. The molecule has 0 aromatic heterocycles. The van der Waals surface area contributed by atoms with E-state index in [9.17, 15) is 10.2 Å². The standard InChI is InChI=1S/C12H20O3/c13-11(10-6-2-5-9-15-10)12(14)7-3-1-4-8-12/h6,11,13-14H,1-5,7-9H2. The predicted octanol–water partition coefficient (Wildman–Crippen LogP) is 1.74. The second-order valence-electron chi connectivity index (χ2n) is 4.66. The molecule has 0 amide bonds. The first kappa shape index (κ1) is 11.0. The highest BCUT2D eigenvalue weighted by molar-refractivity contribution is 5.10. The third kappa shape index (κ3) is 2.34. The van der Waals surface area contributed by atoms with E-state index in [1.165, 1.54) is 0 Å². The van der Waals surface area contributed by atoms with E-state index in [1.807, 2.05) is 6.08 Å². The zero-order valence-electron chi connectivity index (χ0n) is 9.11. The minimum Gasteiger partial charge on any atom is -0.495 e. The predicted molar refractivity (Wildman–Crippen MR) is 57.3 cm³/mol. The largest absolute Gasteiger partial charge is 0.495 e. The molecule has 1 aliphatic carbocycles. The fraction of sp³-hybridized carbons (Fsp3) is 0.833. The molecule has 3 nitrogen and oxygen atoms in total. The summed E-state index contributed by atoms with van der Waals surface area (Å²) < 4.78 is 5.41. The van der Waals surface area contributed by atoms with Crippen molar-refractivity contribution in [3.8, 4) is 0 Å². The zero-order chi connectivity index (χ0) is 10.7.